The van der Waals surface area contributed by atoms with E-state index < -0.39 is 106 Å². The number of rotatable bonds is 15. The second-order valence-electron chi connectivity index (χ2n) is 13.9. The Morgan fingerprint density at radius 3 is 1.28 bits per heavy atom. The van der Waals surface area contributed by atoms with E-state index in [4.69, 9.17) is 9.47 Å². The summed E-state index contributed by atoms with van der Waals surface area (Å²) in [7, 11) is 0. The molecule has 0 aromatic heterocycles. The van der Waals surface area contributed by atoms with Crippen LogP contribution in [0, 0.1) is 40.8 Å². The minimum atomic E-state index is -1.46. The predicted octanol–water partition coefficient (Wildman–Crippen LogP) is 9.78. The van der Waals surface area contributed by atoms with Gasteiger partial charge in [0.15, 0.2) is 23.3 Å². The lowest BCUT2D eigenvalue weighted by Gasteiger charge is -2.22. The lowest BCUT2D eigenvalue weighted by Crippen LogP contribution is -2.30. The topological polar surface area (TPSA) is 99.1 Å². The number of esters is 2. The number of ether oxygens (including phenoxy) is 2. The summed E-state index contributed by atoms with van der Waals surface area (Å²) in [4.78, 5) is 53.8. The quantitative estimate of drug-likeness (QED) is 0.0514. The highest BCUT2D eigenvalue weighted by Crippen LogP contribution is 2.32. The summed E-state index contributed by atoms with van der Waals surface area (Å²) in [5.74, 6) is -13.4. The van der Waals surface area contributed by atoms with Gasteiger partial charge in [0, 0.05) is 28.2 Å². The predicted molar refractivity (Wildman–Crippen MR) is 203 cm³/mol. The molecule has 0 spiro atoms. The van der Waals surface area contributed by atoms with Crippen molar-refractivity contribution in [3.05, 3.63) is 142 Å². The normalized spacial score (nSPS) is 13.1. The SMILES string of the molecule is CC(=O)C(CC(C)C(=O)OC(C)C)c1c(F)ccc(F)c1F.CC(=O)C(CC(N=C(c1ccccc1)c1ccccc1)C(=O)OC(C)C)c1c(F)ccc(F)c1F. The van der Waals surface area contributed by atoms with E-state index in [1.807, 2.05) is 60.7 Å². The van der Waals surface area contributed by atoms with Gasteiger partial charge in [0.05, 0.1) is 29.8 Å². The van der Waals surface area contributed by atoms with Crippen LogP contribution in [-0.4, -0.2) is 47.5 Å². The van der Waals surface area contributed by atoms with Crippen LogP contribution in [0.3, 0.4) is 0 Å². The second-order valence-corrected chi connectivity index (χ2v) is 13.9. The number of hydrogen-bond donors (Lipinski definition) is 0. The summed E-state index contributed by atoms with van der Waals surface area (Å²) in [5, 5.41) is 0. The lowest BCUT2D eigenvalue weighted by molar-refractivity contribution is -0.152. The Bertz CT molecular complexity index is 2010. The molecule has 0 aliphatic rings. The van der Waals surface area contributed by atoms with Crippen molar-refractivity contribution < 1.29 is 55.0 Å². The Morgan fingerprint density at radius 2 is 0.895 bits per heavy atom. The molecule has 0 N–H and O–H groups in total. The van der Waals surface area contributed by atoms with Gasteiger partial charge < -0.3 is 9.47 Å². The van der Waals surface area contributed by atoms with E-state index in [1.165, 1.54) is 6.92 Å². The van der Waals surface area contributed by atoms with Crippen LogP contribution in [0.25, 0.3) is 0 Å². The smallest absolute Gasteiger partial charge is 0.331 e. The van der Waals surface area contributed by atoms with Crippen molar-refractivity contribution in [2.45, 2.75) is 91.4 Å². The molecule has 7 nitrogen and oxygen atoms in total. The minimum absolute atomic E-state index is 0.155. The molecule has 0 aliphatic carbocycles. The molecule has 4 unspecified atom stereocenters. The van der Waals surface area contributed by atoms with E-state index in [9.17, 15) is 45.5 Å². The highest BCUT2D eigenvalue weighted by molar-refractivity contribution is 6.13. The molecule has 0 radical (unpaired) electrons. The van der Waals surface area contributed by atoms with Crippen LogP contribution in [0.2, 0.25) is 0 Å². The summed E-state index contributed by atoms with van der Waals surface area (Å²) in [6.45, 7) is 10.4. The molecule has 0 saturated carbocycles. The summed E-state index contributed by atoms with van der Waals surface area (Å²) >= 11 is 0. The average Bonchev–Trinajstić information content (AvgIpc) is 3.15. The van der Waals surface area contributed by atoms with E-state index in [0.29, 0.717) is 29.0 Å². The number of nitrogens with zero attached hydrogens (tertiary/aromatic N) is 1. The first-order chi connectivity index (χ1) is 26.8. The van der Waals surface area contributed by atoms with Crippen molar-refractivity contribution >= 4 is 29.2 Å². The average molecular weight is 798 g/mol. The van der Waals surface area contributed by atoms with Gasteiger partial charge in [-0.15, -0.1) is 0 Å². The first kappa shape index (κ1) is 45.8. The molecule has 0 heterocycles. The highest BCUT2D eigenvalue weighted by atomic mass is 19.2. The minimum Gasteiger partial charge on any atom is -0.463 e. The Labute approximate surface area is 328 Å². The number of carbonyl (C=O) groups is 4. The fourth-order valence-electron chi connectivity index (χ4n) is 5.90. The Kier molecular flexibility index (Phi) is 16.9. The summed E-state index contributed by atoms with van der Waals surface area (Å²) in [6.07, 6.45) is -1.39. The molecule has 0 saturated heterocycles. The number of hydrogen-bond acceptors (Lipinski definition) is 7. The van der Waals surface area contributed by atoms with E-state index in [1.54, 1.807) is 27.7 Å². The maximum absolute atomic E-state index is 14.6. The van der Waals surface area contributed by atoms with E-state index in [-0.39, 0.29) is 12.5 Å². The molecule has 4 aromatic carbocycles. The van der Waals surface area contributed by atoms with Gasteiger partial charge in [0.1, 0.15) is 29.2 Å². The summed E-state index contributed by atoms with van der Waals surface area (Å²) in [5.41, 5.74) is 0.471. The molecule has 0 amide bonds. The molecule has 4 rings (SSSR count). The van der Waals surface area contributed by atoms with Crippen molar-refractivity contribution in [2.75, 3.05) is 0 Å². The van der Waals surface area contributed by atoms with Gasteiger partial charge in [-0.25, -0.2) is 31.1 Å². The number of benzene rings is 4. The molecule has 304 valence electrons. The van der Waals surface area contributed by atoms with Gasteiger partial charge >= 0.3 is 11.9 Å². The van der Waals surface area contributed by atoms with Crippen molar-refractivity contribution in [3.63, 3.8) is 0 Å². The van der Waals surface area contributed by atoms with Crippen LogP contribution in [0.5, 0.6) is 0 Å². The number of aliphatic imine (C=N–C) groups is 1. The van der Waals surface area contributed by atoms with Gasteiger partial charge in [-0.2, -0.15) is 0 Å². The van der Waals surface area contributed by atoms with Crippen molar-refractivity contribution in [1.29, 1.82) is 0 Å². The van der Waals surface area contributed by atoms with Crippen LogP contribution < -0.4 is 0 Å². The number of halogens is 6. The standard InChI is InChI=1S/C28H26F3NO3.C16H19F3O3/c1-17(2)35-28(34)24(16-21(18(3)33)25-22(29)14-15-23(30)26(25)31)32-27(19-10-6-4-7-11-19)20-12-8-5-9-13-20;1-8(2)22-16(21)9(3)7-11(10(4)20)14-12(17)5-6-13(18)15(14)19/h4-15,17,21,24H,16H2,1-3H3;5-6,8-9,11H,7H2,1-4H3. The Morgan fingerprint density at radius 1 is 0.526 bits per heavy atom. The zero-order valence-corrected chi connectivity index (χ0v) is 32.6. The maximum Gasteiger partial charge on any atom is 0.331 e. The third-order valence-corrected chi connectivity index (χ3v) is 8.64. The van der Waals surface area contributed by atoms with Crippen LogP contribution in [-0.2, 0) is 28.7 Å². The van der Waals surface area contributed by atoms with Gasteiger partial charge in [0.25, 0.3) is 0 Å². The molecule has 0 bridgehead atoms. The zero-order chi connectivity index (χ0) is 42.6. The number of ketones is 2. The molecule has 4 atom stereocenters. The van der Waals surface area contributed by atoms with Crippen LogP contribution in [0.15, 0.2) is 89.9 Å². The van der Waals surface area contributed by atoms with Crippen molar-refractivity contribution in [1.82, 2.24) is 0 Å². The van der Waals surface area contributed by atoms with Gasteiger partial charge in [-0.3, -0.25) is 19.4 Å². The van der Waals surface area contributed by atoms with Crippen molar-refractivity contribution in [3.8, 4) is 0 Å². The van der Waals surface area contributed by atoms with Gasteiger partial charge in [0.2, 0.25) is 0 Å². The number of carbonyl (C=O) groups excluding carboxylic acids is 4. The van der Waals surface area contributed by atoms with Gasteiger partial charge in [-0.05, 0) is 78.6 Å². The lowest BCUT2D eigenvalue weighted by atomic mass is 9.86. The highest BCUT2D eigenvalue weighted by Gasteiger charge is 2.34. The van der Waals surface area contributed by atoms with E-state index in [0.717, 1.165) is 26.0 Å². The first-order valence-electron chi connectivity index (χ1n) is 18.2. The van der Waals surface area contributed by atoms with E-state index in [2.05, 4.69) is 4.99 Å². The monoisotopic (exact) mass is 797 g/mol. The number of Topliss-reactive ketones (excluding diaryl/α,β-unsaturated/α-hetero) is 2. The Hall–Kier alpha value is -5.59. The summed E-state index contributed by atoms with van der Waals surface area (Å²) in [6, 6.07) is 19.7. The largest absolute Gasteiger partial charge is 0.463 e. The Balaban J connectivity index is 0.000000341. The molecule has 4 aromatic rings. The fraction of sp³-hybridized carbons (Fsp3) is 0.341. The zero-order valence-electron chi connectivity index (χ0n) is 32.6. The third kappa shape index (κ3) is 12.7. The van der Waals surface area contributed by atoms with Crippen LogP contribution in [0.4, 0.5) is 26.3 Å². The second kappa shape index (κ2) is 21.1. The van der Waals surface area contributed by atoms with Crippen molar-refractivity contribution in [2.24, 2.45) is 10.9 Å². The molecule has 0 aliphatic heterocycles. The van der Waals surface area contributed by atoms with Gasteiger partial charge in [-0.1, -0.05) is 67.6 Å². The van der Waals surface area contributed by atoms with E-state index >= 15 is 0 Å². The molecule has 0 fully saturated rings. The molecule has 57 heavy (non-hydrogen) atoms. The van der Waals surface area contributed by atoms with Crippen LogP contribution in [0.1, 0.15) is 95.4 Å². The molecular weight excluding hydrogens is 752 g/mol. The maximum atomic E-state index is 14.6. The molecular formula is C44H45F6NO6. The third-order valence-electron chi connectivity index (χ3n) is 8.64. The summed E-state index contributed by atoms with van der Waals surface area (Å²) < 4.78 is 94.5. The first-order valence-corrected chi connectivity index (χ1v) is 18.2. The molecule has 13 heteroatoms. The van der Waals surface area contributed by atoms with Crippen LogP contribution >= 0.6 is 0 Å². The fourth-order valence-corrected chi connectivity index (χ4v) is 5.90.